The van der Waals surface area contributed by atoms with Gasteiger partial charge >= 0.3 is 0 Å². The third-order valence-electron chi connectivity index (χ3n) is 3.47. The second-order valence-electron chi connectivity index (χ2n) is 4.96. The highest BCUT2D eigenvalue weighted by atomic mass is 16.2. The van der Waals surface area contributed by atoms with Gasteiger partial charge in [0.05, 0.1) is 11.8 Å². The topological polar surface area (TPSA) is 66.1 Å². The molecule has 0 radical (unpaired) electrons. The van der Waals surface area contributed by atoms with Crippen molar-refractivity contribution in [1.29, 1.82) is 0 Å². The number of hydrogen-bond donors (Lipinski definition) is 1. The first-order valence-corrected chi connectivity index (χ1v) is 6.40. The molecule has 0 bridgehead atoms. The van der Waals surface area contributed by atoms with Gasteiger partial charge in [-0.1, -0.05) is 0 Å². The number of aromatic nitrogens is 2. The average molecular weight is 249 g/mol. The summed E-state index contributed by atoms with van der Waals surface area (Å²) in [6.07, 6.45) is 5.05. The van der Waals surface area contributed by atoms with E-state index in [-0.39, 0.29) is 17.7 Å². The second kappa shape index (κ2) is 5.33. The molecule has 0 aromatic carbocycles. The number of aryl methyl sites for hydroxylation is 1. The molecule has 0 spiro atoms. The second-order valence-corrected chi connectivity index (χ2v) is 4.96. The molecular formula is C13H19N3O2. The number of hydrogen-bond acceptors (Lipinski definition) is 3. The molecule has 0 saturated carbocycles. The number of piperidine rings is 1. The first-order valence-electron chi connectivity index (χ1n) is 6.40. The highest BCUT2D eigenvalue weighted by Crippen LogP contribution is 2.22. The van der Waals surface area contributed by atoms with Crippen LogP contribution in [0.25, 0.3) is 0 Å². The minimum Gasteiger partial charge on any atom is -0.335 e. The number of carbonyl (C=O) groups is 2. The maximum atomic E-state index is 12.4. The van der Waals surface area contributed by atoms with Crippen molar-refractivity contribution >= 4 is 11.7 Å². The van der Waals surface area contributed by atoms with Crippen LogP contribution in [0.15, 0.2) is 6.20 Å². The Morgan fingerprint density at radius 3 is 2.89 bits per heavy atom. The normalized spacial score (nSPS) is 19.9. The summed E-state index contributed by atoms with van der Waals surface area (Å²) >= 11 is 0. The molecule has 18 heavy (non-hydrogen) atoms. The quantitative estimate of drug-likeness (QED) is 0.886. The van der Waals surface area contributed by atoms with Gasteiger partial charge in [-0.3, -0.25) is 14.7 Å². The van der Waals surface area contributed by atoms with Gasteiger partial charge in [-0.15, -0.1) is 0 Å². The summed E-state index contributed by atoms with van der Waals surface area (Å²) < 4.78 is 0. The summed E-state index contributed by atoms with van der Waals surface area (Å²) in [5, 5.41) is 6.66. The summed E-state index contributed by atoms with van der Waals surface area (Å²) in [6, 6.07) is 0.0537. The number of nitrogens with one attached hydrogen (secondary N) is 1. The van der Waals surface area contributed by atoms with Crippen LogP contribution < -0.4 is 0 Å². The maximum Gasteiger partial charge on any atom is 0.257 e. The van der Waals surface area contributed by atoms with Crippen molar-refractivity contribution in [3.8, 4) is 0 Å². The van der Waals surface area contributed by atoms with E-state index in [1.807, 2.05) is 11.8 Å². The van der Waals surface area contributed by atoms with E-state index in [0.29, 0.717) is 12.0 Å². The van der Waals surface area contributed by atoms with Crippen LogP contribution in [0.1, 0.15) is 48.7 Å². The van der Waals surface area contributed by atoms with Gasteiger partial charge in [0.2, 0.25) is 0 Å². The SMILES string of the molecule is CC(=O)CC1CCCCN1C(=O)c1cn[nH]c1C. The van der Waals surface area contributed by atoms with Crippen LogP contribution in [0, 0.1) is 6.92 Å². The van der Waals surface area contributed by atoms with Gasteiger partial charge in [0.15, 0.2) is 0 Å². The molecule has 0 aliphatic carbocycles. The summed E-state index contributed by atoms with van der Waals surface area (Å²) in [7, 11) is 0. The fraction of sp³-hybridized carbons (Fsp3) is 0.615. The van der Waals surface area contributed by atoms with Crippen molar-refractivity contribution in [3.63, 3.8) is 0 Å². The number of ketones is 1. The molecule has 1 unspecified atom stereocenters. The number of aromatic amines is 1. The zero-order valence-electron chi connectivity index (χ0n) is 10.9. The minimum atomic E-state index is -0.00722. The molecule has 1 aliphatic rings. The predicted octanol–water partition coefficient (Wildman–Crippen LogP) is 1.69. The van der Waals surface area contributed by atoms with E-state index in [1.165, 1.54) is 0 Å². The van der Waals surface area contributed by atoms with E-state index in [0.717, 1.165) is 31.5 Å². The molecule has 98 valence electrons. The molecule has 1 fully saturated rings. The van der Waals surface area contributed by atoms with Gasteiger partial charge in [-0.2, -0.15) is 5.10 Å². The lowest BCUT2D eigenvalue weighted by atomic mass is 9.97. The zero-order chi connectivity index (χ0) is 13.1. The van der Waals surface area contributed by atoms with Crippen molar-refractivity contribution in [2.75, 3.05) is 6.54 Å². The lowest BCUT2D eigenvalue weighted by molar-refractivity contribution is -0.118. The first-order chi connectivity index (χ1) is 8.59. The summed E-state index contributed by atoms with van der Waals surface area (Å²) in [6.45, 7) is 4.16. The molecule has 5 heteroatoms. The van der Waals surface area contributed by atoms with Gasteiger partial charge in [-0.25, -0.2) is 0 Å². The number of H-pyrrole nitrogens is 1. The molecule has 1 saturated heterocycles. The van der Waals surface area contributed by atoms with Crippen LogP contribution >= 0.6 is 0 Å². The fourth-order valence-corrected chi connectivity index (χ4v) is 2.53. The molecule has 1 aromatic rings. The zero-order valence-corrected chi connectivity index (χ0v) is 10.9. The summed E-state index contributed by atoms with van der Waals surface area (Å²) in [5.74, 6) is 0.135. The first kappa shape index (κ1) is 12.8. The van der Waals surface area contributed by atoms with Gasteiger partial charge in [-0.05, 0) is 33.1 Å². The minimum absolute atomic E-state index is 0.00722. The molecule has 5 nitrogen and oxygen atoms in total. The standard InChI is InChI=1S/C13H19N3O2/c1-9(17)7-11-5-3-4-6-16(11)13(18)12-8-14-15-10(12)2/h8,11H,3-7H2,1-2H3,(H,14,15). The number of Topliss-reactive ketones (excluding diaryl/α,β-unsaturated/α-hetero) is 1. The number of rotatable bonds is 3. The summed E-state index contributed by atoms with van der Waals surface area (Å²) in [4.78, 5) is 25.5. The lowest BCUT2D eigenvalue weighted by Crippen LogP contribution is -2.44. The van der Waals surface area contributed by atoms with Crippen molar-refractivity contribution < 1.29 is 9.59 Å². The van der Waals surface area contributed by atoms with Crippen molar-refractivity contribution in [2.24, 2.45) is 0 Å². The number of carbonyl (C=O) groups excluding carboxylic acids is 2. The fourth-order valence-electron chi connectivity index (χ4n) is 2.53. The van der Waals surface area contributed by atoms with Crippen LogP contribution in [-0.2, 0) is 4.79 Å². The number of nitrogens with zero attached hydrogens (tertiary/aromatic N) is 2. The van der Waals surface area contributed by atoms with Gasteiger partial charge < -0.3 is 4.90 Å². The summed E-state index contributed by atoms with van der Waals surface area (Å²) in [5.41, 5.74) is 1.40. The Balaban J connectivity index is 2.16. The van der Waals surface area contributed by atoms with Crippen molar-refractivity contribution in [1.82, 2.24) is 15.1 Å². The largest absolute Gasteiger partial charge is 0.335 e. The van der Waals surface area contributed by atoms with Crippen molar-refractivity contribution in [3.05, 3.63) is 17.5 Å². The Morgan fingerprint density at radius 2 is 2.28 bits per heavy atom. The Kier molecular flexibility index (Phi) is 3.79. The van der Waals surface area contributed by atoms with Crippen molar-refractivity contribution in [2.45, 2.75) is 45.6 Å². The van der Waals surface area contributed by atoms with Crippen LogP contribution in [-0.4, -0.2) is 39.4 Å². The molecule has 1 amide bonds. The van der Waals surface area contributed by atoms with E-state index >= 15 is 0 Å². The highest BCUT2D eigenvalue weighted by Gasteiger charge is 2.29. The smallest absolute Gasteiger partial charge is 0.257 e. The van der Waals surface area contributed by atoms with Gasteiger partial charge in [0.25, 0.3) is 5.91 Å². The van der Waals surface area contributed by atoms with Crippen LogP contribution in [0.4, 0.5) is 0 Å². The van der Waals surface area contributed by atoms with Crippen LogP contribution in [0.3, 0.4) is 0 Å². The van der Waals surface area contributed by atoms with Gasteiger partial charge in [0, 0.05) is 24.7 Å². The monoisotopic (exact) mass is 249 g/mol. The van der Waals surface area contributed by atoms with E-state index < -0.39 is 0 Å². The molecule has 1 atom stereocenters. The Morgan fingerprint density at radius 1 is 1.50 bits per heavy atom. The Bertz CT molecular complexity index is 453. The lowest BCUT2D eigenvalue weighted by Gasteiger charge is -2.35. The molecule has 1 N–H and O–H groups in total. The Hall–Kier alpha value is -1.65. The van der Waals surface area contributed by atoms with E-state index in [1.54, 1.807) is 13.1 Å². The highest BCUT2D eigenvalue weighted by molar-refractivity contribution is 5.95. The average Bonchev–Trinajstić information content (AvgIpc) is 2.74. The number of likely N-dealkylation sites (tertiary alicyclic amines) is 1. The molecule has 2 heterocycles. The van der Waals surface area contributed by atoms with E-state index in [2.05, 4.69) is 10.2 Å². The van der Waals surface area contributed by atoms with Crippen LogP contribution in [0.5, 0.6) is 0 Å². The van der Waals surface area contributed by atoms with E-state index in [9.17, 15) is 9.59 Å². The molecular weight excluding hydrogens is 230 g/mol. The van der Waals surface area contributed by atoms with Gasteiger partial charge in [0.1, 0.15) is 5.78 Å². The van der Waals surface area contributed by atoms with Crippen LogP contribution in [0.2, 0.25) is 0 Å². The Labute approximate surface area is 107 Å². The molecule has 1 aliphatic heterocycles. The maximum absolute atomic E-state index is 12.4. The third-order valence-corrected chi connectivity index (χ3v) is 3.47. The molecule has 2 rings (SSSR count). The van der Waals surface area contributed by atoms with E-state index in [4.69, 9.17) is 0 Å². The third kappa shape index (κ3) is 2.60. The number of amides is 1. The predicted molar refractivity (Wildman–Crippen MR) is 67.3 cm³/mol. The molecule has 1 aromatic heterocycles.